The van der Waals surface area contributed by atoms with Crippen molar-refractivity contribution in [2.24, 2.45) is 0 Å². The molecule has 1 N–H and O–H groups in total. The normalized spacial score (nSPS) is 23.7. The van der Waals surface area contributed by atoms with Crippen molar-refractivity contribution < 1.29 is 62.3 Å². The number of carboxylic acids is 1. The molecule has 1 rings (SSSR count). The molecule has 1 saturated heterocycles. The first kappa shape index (κ1) is 29.6. The van der Waals surface area contributed by atoms with Gasteiger partial charge in [-0.15, -0.1) is 0 Å². The van der Waals surface area contributed by atoms with E-state index >= 15 is 0 Å². The standard InChI is InChI=1S/C22H30O13/c1-5-14(25)30-11-12-19(32-15(26)6-2)20(33-16(27)7-3)21(34-17(28)8-4)22(31-12)35-18(29)10-9-13(23)24/h9-10,12,19-22H,5-8,11H2,1-4H3,(H,23,24)/b10-9+/t12-,19+,20+,21-,22+/m1/s1. The molecule has 1 fully saturated rings. The van der Waals surface area contributed by atoms with Crippen molar-refractivity contribution in [3.63, 3.8) is 0 Å². The van der Waals surface area contributed by atoms with Crippen LogP contribution in [0.5, 0.6) is 0 Å². The van der Waals surface area contributed by atoms with E-state index in [0.717, 1.165) is 0 Å². The number of rotatable bonds is 12. The van der Waals surface area contributed by atoms with Crippen LogP contribution in [0.4, 0.5) is 0 Å². The third-order valence-electron chi connectivity index (χ3n) is 4.55. The number of ether oxygens (including phenoxy) is 6. The number of aliphatic carboxylic acids is 1. The minimum absolute atomic E-state index is 0.0233. The van der Waals surface area contributed by atoms with Crippen molar-refractivity contribution in [2.75, 3.05) is 6.61 Å². The molecule has 0 unspecified atom stereocenters. The van der Waals surface area contributed by atoms with Crippen LogP contribution in [0.3, 0.4) is 0 Å². The lowest BCUT2D eigenvalue weighted by molar-refractivity contribution is -0.300. The van der Waals surface area contributed by atoms with E-state index in [9.17, 15) is 28.8 Å². The summed E-state index contributed by atoms with van der Waals surface area (Å²) < 4.78 is 32.0. The Labute approximate surface area is 201 Å². The van der Waals surface area contributed by atoms with Crippen molar-refractivity contribution >= 4 is 35.8 Å². The summed E-state index contributed by atoms with van der Waals surface area (Å²) in [6.07, 6.45) is -6.67. The summed E-state index contributed by atoms with van der Waals surface area (Å²) >= 11 is 0. The fraction of sp³-hybridized carbons (Fsp3) is 0.636. The zero-order valence-corrected chi connectivity index (χ0v) is 19.9. The molecule has 13 heteroatoms. The molecule has 0 bridgehead atoms. The van der Waals surface area contributed by atoms with Crippen LogP contribution in [0, 0.1) is 0 Å². The minimum Gasteiger partial charge on any atom is -0.478 e. The first-order valence-electron chi connectivity index (χ1n) is 11.1. The van der Waals surface area contributed by atoms with Gasteiger partial charge in [-0.25, -0.2) is 9.59 Å². The Morgan fingerprint density at radius 1 is 0.686 bits per heavy atom. The fourth-order valence-corrected chi connectivity index (χ4v) is 2.78. The van der Waals surface area contributed by atoms with Gasteiger partial charge in [0.1, 0.15) is 12.7 Å². The van der Waals surface area contributed by atoms with E-state index in [2.05, 4.69) is 0 Å². The van der Waals surface area contributed by atoms with E-state index < -0.39 is 73.1 Å². The molecule has 1 aliphatic rings. The number of esters is 5. The summed E-state index contributed by atoms with van der Waals surface area (Å²) in [5.41, 5.74) is 0. The molecule has 35 heavy (non-hydrogen) atoms. The van der Waals surface area contributed by atoms with Crippen LogP contribution in [-0.4, -0.2) is 78.2 Å². The van der Waals surface area contributed by atoms with Crippen LogP contribution in [0.25, 0.3) is 0 Å². The summed E-state index contributed by atoms with van der Waals surface area (Å²) in [7, 11) is 0. The predicted molar refractivity (Wildman–Crippen MR) is 113 cm³/mol. The number of carbonyl (C=O) groups excluding carboxylic acids is 5. The van der Waals surface area contributed by atoms with Gasteiger partial charge in [0, 0.05) is 37.8 Å². The van der Waals surface area contributed by atoms with Gasteiger partial charge >= 0.3 is 35.8 Å². The van der Waals surface area contributed by atoms with Gasteiger partial charge < -0.3 is 33.5 Å². The lowest BCUT2D eigenvalue weighted by Crippen LogP contribution is -2.63. The van der Waals surface area contributed by atoms with E-state index in [1.807, 2.05) is 0 Å². The topological polar surface area (TPSA) is 178 Å². The molecule has 0 aromatic carbocycles. The van der Waals surface area contributed by atoms with Crippen LogP contribution in [0.15, 0.2) is 12.2 Å². The zero-order chi connectivity index (χ0) is 26.5. The average Bonchev–Trinajstić information content (AvgIpc) is 2.83. The van der Waals surface area contributed by atoms with Gasteiger partial charge in [0.05, 0.1) is 0 Å². The molecule has 0 aromatic heterocycles. The first-order valence-corrected chi connectivity index (χ1v) is 11.1. The summed E-state index contributed by atoms with van der Waals surface area (Å²) in [6, 6.07) is 0. The Kier molecular flexibility index (Phi) is 12.4. The Balaban J connectivity index is 3.45. The number of hydrogen-bond acceptors (Lipinski definition) is 12. The van der Waals surface area contributed by atoms with E-state index in [4.69, 9.17) is 33.5 Å². The molecule has 196 valence electrons. The fourth-order valence-electron chi connectivity index (χ4n) is 2.78. The van der Waals surface area contributed by atoms with Crippen LogP contribution < -0.4 is 0 Å². The van der Waals surface area contributed by atoms with Crippen LogP contribution in [0.1, 0.15) is 53.4 Å². The van der Waals surface area contributed by atoms with Gasteiger partial charge in [-0.05, 0) is 0 Å². The second-order valence-corrected chi connectivity index (χ2v) is 7.11. The molecule has 1 aliphatic heterocycles. The predicted octanol–water partition coefficient (Wildman–Crippen LogP) is 0.814. The van der Waals surface area contributed by atoms with Crippen molar-refractivity contribution in [1.29, 1.82) is 0 Å². The second-order valence-electron chi connectivity index (χ2n) is 7.11. The quantitative estimate of drug-likeness (QED) is 0.225. The van der Waals surface area contributed by atoms with Crippen LogP contribution >= 0.6 is 0 Å². The molecule has 0 aliphatic carbocycles. The zero-order valence-electron chi connectivity index (χ0n) is 19.9. The van der Waals surface area contributed by atoms with Crippen molar-refractivity contribution in [3.05, 3.63) is 12.2 Å². The van der Waals surface area contributed by atoms with Crippen LogP contribution in [-0.2, 0) is 57.2 Å². The lowest BCUT2D eigenvalue weighted by atomic mass is 9.98. The highest BCUT2D eigenvalue weighted by atomic mass is 16.7. The van der Waals surface area contributed by atoms with E-state index in [1.165, 1.54) is 20.8 Å². The maximum atomic E-state index is 12.2. The Bertz CT molecular complexity index is 818. The largest absolute Gasteiger partial charge is 0.478 e. The van der Waals surface area contributed by atoms with Gasteiger partial charge in [-0.1, -0.05) is 27.7 Å². The van der Waals surface area contributed by atoms with E-state index in [0.29, 0.717) is 12.2 Å². The maximum absolute atomic E-state index is 12.2. The highest BCUT2D eigenvalue weighted by molar-refractivity contribution is 5.90. The molecule has 1 heterocycles. The van der Waals surface area contributed by atoms with Gasteiger partial charge in [0.15, 0.2) is 12.2 Å². The molecule has 0 spiro atoms. The second kappa shape index (κ2) is 14.7. The highest BCUT2D eigenvalue weighted by Crippen LogP contribution is 2.30. The van der Waals surface area contributed by atoms with E-state index in [-0.39, 0.29) is 25.7 Å². The van der Waals surface area contributed by atoms with Crippen molar-refractivity contribution in [2.45, 2.75) is 84.1 Å². The first-order chi connectivity index (χ1) is 16.6. The maximum Gasteiger partial charge on any atom is 0.333 e. The SMILES string of the molecule is CCC(=O)OC[C@H]1O[C@@H](OC(=O)/C=C/C(=O)O)[C@H](OC(=O)CC)[C@@H](OC(=O)CC)[C@H]1OC(=O)CC. The average molecular weight is 502 g/mol. The lowest BCUT2D eigenvalue weighted by Gasteiger charge is -2.43. The molecular formula is C22H30O13. The molecule has 13 nitrogen and oxygen atoms in total. The summed E-state index contributed by atoms with van der Waals surface area (Å²) in [4.78, 5) is 71.0. The Hall–Kier alpha value is -3.48. The van der Waals surface area contributed by atoms with Crippen molar-refractivity contribution in [3.8, 4) is 0 Å². The molecule has 0 aromatic rings. The summed E-state index contributed by atoms with van der Waals surface area (Å²) in [5.74, 6) is -5.48. The van der Waals surface area contributed by atoms with Gasteiger partial charge in [0.2, 0.25) is 12.4 Å². The number of carbonyl (C=O) groups is 6. The Morgan fingerprint density at radius 3 is 1.66 bits per heavy atom. The third-order valence-corrected chi connectivity index (χ3v) is 4.55. The third kappa shape index (κ3) is 9.73. The van der Waals surface area contributed by atoms with Gasteiger partial charge in [-0.2, -0.15) is 0 Å². The molecule has 0 radical (unpaired) electrons. The molecular weight excluding hydrogens is 472 g/mol. The molecule has 0 amide bonds. The minimum atomic E-state index is -1.73. The molecule has 5 atom stereocenters. The smallest absolute Gasteiger partial charge is 0.333 e. The number of carboxylic acid groups (broad SMARTS) is 1. The number of hydrogen-bond donors (Lipinski definition) is 1. The van der Waals surface area contributed by atoms with Gasteiger partial charge in [-0.3, -0.25) is 19.2 Å². The highest BCUT2D eigenvalue weighted by Gasteiger charge is 2.54. The monoisotopic (exact) mass is 502 g/mol. The molecule has 0 saturated carbocycles. The summed E-state index contributed by atoms with van der Waals surface area (Å²) in [5, 5.41) is 8.72. The summed E-state index contributed by atoms with van der Waals surface area (Å²) in [6.45, 7) is 5.55. The van der Waals surface area contributed by atoms with Crippen LogP contribution in [0.2, 0.25) is 0 Å². The Morgan fingerprint density at radius 2 is 1.17 bits per heavy atom. The van der Waals surface area contributed by atoms with E-state index in [1.54, 1.807) is 6.92 Å². The van der Waals surface area contributed by atoms with Gasteiger partial charge in [0.25, 0.3) is 0 Å². The van der Waals surface area contributed by atoms with Crippen molar-refractivity contribution in [1.82, 2.24) is 0 Å².